The summed E-state index contributed by atoms with van der Waals surface area (Å²) >= 11 is 0. The van der Waals surface area contributed by atoms with Crippen molar-refractivity contribution >= 4 is 5.97 Å². The molecule has 0 amide bonds. The Morgan fingerprint density at radius 2 is 1.40 bits per heavy atom. The van der Waals surface area contributed by atoms with Crippen LogP contribution < -0.4 is 0 Å². The van der Waals surface area contributed by atoms with Gasteiger partial charge in [0.25, 0.3) is 0 Å². The summed E-state index contributed by atoms with van der Waals surface area (Å²) in [6.07, 6.45) is 1.17. The minimum Gasteiger partial charge on any atom is -0.508 e. The third-order valence-electron chi connectivity index (χ3n) is 1.26. The molecule has 0 saturated carbocycles. The molecule has 0 aliphatic carbocycles. The average Bonchev–Trinajstić information content (AvgIpc) is 2.09. The first kappa shape index (κ1) is 13.0. The highest BCUT2D eigenvalue weighted by Crippen LogP contribution is 2.13. The van der Waals surface area contributed by atoms with E-state index < -0.39 is 5.97 Å². The molecule has 0 fully saturated rings. The van der Waals surface area contributed by atoms with Crippen molar-refractivity contribution in [2.24, 2.45) is 0 Å². The Morgan fingerprint density at radius 1 is 1.07 bits per heavy atom. The van der Waals surface area contributed by atoms with Crippen LogP contribution in [0.25, 0.3) is 0 Å². The van der Waals surface area contributed by atoms with Crippen molar-refractivity contribution in [2.45, 2.75) is 13.8 Å². The van der Waals surface area contributed by atoms with Crippen LogP contribution in [0.2, 0.25) is 0 Å². The van der Waals surface area contributed by atoms with Crippen molar-refractivity contribution in [2.75, 3.05) is 0 Å². The first-order valence-electron chi connectivity index (χ1n) is 4.27. The molecule has 1 aromatic carbocycles. The van der Waals surface area contributed by atoms with E-state index in [2.05, 4.69) is 0 Å². The zero-order chi connectivity index (χ0) is 11.8. The van der Waals surface area contributed by atoms with Crippen LogP contribution in [-0.4, -0.2) is 21.3 Å². The minimum atomic E-state index is -0.875. The summed E-state index contributed by atoms with van der Waals surface area (Å²) in [5, 5.41) is 25.3. The van der Waals surface area contributed by atoms with E-state index in [0.717, 1.165) is 5.57 Å². The summed E-state index contributed by atoms with van der Waals surface area (Å²) < 4.78 is 0. The van der Waals surface area contributed by atoms with Crippen LogP contribution in [0.1, 0.15) is 13.8 Å². The number of aromatic hydroxyl groups is 2. The van der Waals surface area contributed by atoms with E-state index in [9.17, 15) is 4.79 Å². The molecule has 4 nitrogen and oxygen atoms in total. The number of phenolic OH excluding ortho intramolecular Hbond substituents is 2. The van der Waals surface area contributed by atoms with Crippen LogP contribution in [0, 0.1) is 0 Å². The largest absolute Gasteiger partial charge is 0.508 e. The Kier molecular flexibility index (Phi) is 5.63. The number of allylic oxidation sites excluding steroid dienone is 1. The standard InChI is InChI=1S/C6H6O2.C5H8O2/c7-5-1-2-6(8)4-3-5;1-4(2)3-5(6)7/h1-4,7-8H;3H,1-2H3,(H,6,7). The molecule has 1 rings (SSSR count). The third-order valence-corrected chi connectivity index (χ3v) is 1.26. The van der Waals surface area contributed by atoms with Crippen LogP contribution in [0.5, 0.6) is 11.5 Å². The summed E-state index contributed by atoms with van der Waals surface area (Å²) in [5.74, 6) is -0.536. The maximum absolute atomic E-state index is 9.73. The molecule has 0 radical (unpaired) electrons. The van der Waals surface area contributed by atoms with Gasteiger partial charge in [-0.25, -0.2) is 4.79 Å². The molecular weight excluding hydrogens is 196 g/mol. The van der Waals surface area contributed by atoms with Crippen LogP contribution in [0.3, 0.4) is 0 Å². The van der Waals surface area contributed by atoms with Crippen LogP contribution in [0.15, 0.2) is 35.9 Å². The Morgan fingerprint density at radius 3 is 1.53 bits per heavy atom. The molecule has 0 aliphatic heterocycles. The molecule has 0 unspecified atom stereocenters. The van der Waals surface area contributed by atoms with Gasteiger partial charge in [0.2, 0.25) is 0 Å². The maximum Gasteiger partial charge on any atom is 0.328 e. The number of rotatable bonds is 1. The number of hydrogen-bond acceptors (Lipinski definition) is 3. The summed E-state index contributed by atoms with van der Waals surface area (Å²) in [5.41, 5.74) is 0.813. The van der Waals surface area contributed by atoms with Crippen molar-refractivity contribution in [3.63, 3.8) is 0 Å². The second-order valence-corrected chi connectivity index (χ2v) is 3.08. The lowest BCUT2D eigenvalue weighted by Crippen LogP contribution is -1.86. The molecule has 15 heavy (non-hydrogen) atoms. The fourth-order valence-electron chi connectivity index (χ4n) is 0.700. The fraction of sp³-hybridized carbons (Fsp3) is 0.182. The quantitative estimate of drug-likeness (QED) is 0.490. The van der Waals surface area contributed by atoms with Crippen LogP contribution in [0.4, 0.5) is 0 Å². The van der Waals surface area contributed by atoms with Crippen LogP contribution in [-0.2, 0) is 4.79 Å². The highest BCUT2D eigenvalue weighted by atomic mass is 16.4. The number of phenols is 2. The predicted molar refractivity (Wildman–Crippen MR) is 56.8 cm³/mol. The first-order valence-corrected chi connectivity index (χ1v) is 4.27. The van der Waals surface area contributed by atoms with E-state index in [-0.39, 0.29) is 11.5 Å². The molecule has 3 N–H and O–H groups in total. The van der Waals surface area contributed by atoms with Gasteiger partial charge in [0.1, 0.15) is 11.5 Å². The van der Waals surface area contributed by atoms with E-state index in [4.69, 9.17) is 15.3 Å². The monoisotopic (exact) mass is 210 g/mol. The Hall–Kier alpha value is -1.97. The molecular formula is C11H14O4. The van der Waals surface area contributed by atoms with Crippen molar-refractivity contribution in [1.29, 1.82) is 0 Å². The maximum atomic E-state index is 9.73. The van der Waals surface area contributed by atoms with Gasteiger partial charge >= 0.3 is 5.97 Å². The average molecular weight is 210 g/mol. The molecule has 0 atom stereocenters. The van der Waals surface area contributed by atoms with Crippen molar-refractivity contribution in [1.82, 2.24) is 0 Å². The summed E-state index contributed by atoms with van der Waals surface area (Å²) in [6.45, 7) is 3.49. The van der Waals surface area contributed by atoms with Gasteiger partial charge in [-0.1, -0.05) is 5.57 Å². The Balaban J connectivity index is 0.000000265. The van der Waals surface area contributed by atoms with Gasteiger partial charge < -0.3 is 15.3 Å². The number of carboxylic acids is 1. The lowest BCUT2D eigenvalue weighted by Gasteiger charge is -1.88. The number of benzene rings is 1. The minimum absolute atomic E-state index is 0.169. The van der Waals surface area contributed by atoms with E-state index in [1.54, 1.807) is 13.8 Å². The van der Waals surface area contributed by atoms with Gasteiger partial charge in [-0.2, -0.15) is 0 Å². The number of carboxylic acid groups (broad SMARTS) is 1. The SMILES string of the molecule is CC(C)=CC(=O)O.Oc1ccc(O)cc1. The second kappa shape index (κ2) is 6.48. The van der Waals surface area contributed by atoms with Gasteiger partial charge in [-0.15, -0.1) is 0 Å². The second-order valence-electron chi connectivity index (χ2n) is 3.08. The van der Waals surface area contributed by atoms with Crippen molar-refractivity contribution < 1.29 is 20.1 Å². The first-order chi connectivity index (χ1) is 6.91. The summed E-state index contributed by atoms with van der Waals surface area (Å²) in [6, 6.07) is 5.70. The van der Waals surface area contributed by atoms with E-state index in [1.165, 1.54) is 30.3 Å². The summed E-state index contributed by atoms with van der Waals surface area (Å²) in [7, 11) is 0. The van der Waals surface area contributed by atoms with Gasteiger partial charge in [0.05, 0.1) is 0 Å². The van der Waals surface area contributed by atoms with Crippen molar-refractivity contribution in [3.8, 4) is 11.5 Å². The van der Waals surface area contributed by atoms with Crippen molar-refractivity contribution in [3.05, 3.63) is 35.9 Å². The van der Waals surface area contributed by atoms with Crippen LogP contribution >= 0.6 is 0 Å². The predicted octanol–water partition coefficient (Wildman–Crippen LogP) is 2.13. The van der Waals surface area contributed by atoms with Gasteiger partial charge in [0, 0.05) is 6.08 Å². The molecule has 82 valence electrons. The fourth-order valence-corrected chi connectivity index (χ4v) is 0.700. The van der Waals surface area contributed by atoms with E-state index >= 15 is 0 Å². The highest BCUT2D eigenvalue weighted by molar-refractivity contribution is 5.80. The smallest absolute Gasteiger partial charge is 0.328 e. The normalized spacial score (nSPS) is 8.40. The molecule has 0 aliphatic rings. The molecule has 0 aromatic heterocycles. The lowest BCUT2D eigenvalue weighted by molar-refractivity contribution is -0.131. The Bertz CT molecular complexity index is 313. The summed E-state index contributed by atoms with van der Waals surface area (Å²) in [4.78, 5) is 9.73. The number of carbonyl (C=O) groups is 1. The van der Waals surface area contributed by atoms with E-state index in [0.29, 0.717) is 0 Å². The molecule has 0 bridgehead atoms. The van der Waals surface area contributed by atoms with E-state index in [1.807, 2.05) is 0 Å². The Labute approximate surface area is 88.1 Å². The van der Waals surface area contributed by atoms with Gasteiger partial charge in [-0.05, 0) is 38.1 Å². The zero-order valence-electron chi connectivity index (χ0n) is 8.64. The third kappa shape index (κ3) is 8.36. The van der Waals surface area contributed by atoms with Gasteiger partial charge in [-0.3, -0.25) is 0 Å². The number of aliphatic carboxylic acids is 1. The molecule has 0 saturated heterocycles. The topological polar surface area (TPSA) is 77.8 Å². The molecule has 0 spiro atoms. The molecule has 1 aromatic rings. The van der Waals surface area contributed by atoms with Gasteiger partial charge in [0.15, 0.2) is 0 Å². The number of hydrogen-bond donors (Lipinski definition) is 3. The molecule has 4 heteroatoms. The zero-order valence-corrected chi connectivity index (χ0v) is 8.64. The highest BCUT2D eigenvalue weighted by Gasteiger charge is 1.84. The molecule has 0 heterocycles. The lowest BCUT2D eigenvalue weighted by atomic mass is 10.3.